The van der Waals surface area contributed by atoms with Gasteiger partial charge in [0.25, 0.3) is 0 Å². The molecule has 1 aliphatic rings. The van der Waals surface area contributed by atoms with E-state index in [9.17, 15) is 9.90 Å². The van der Waals surface area contributed by atoms with E-state index < -0.39 is 5.60 Å². The van der Waals surface area contributed by atoms with Gasteiger partial charge in [-0.1, -0.05) is 60.7 Å². The van der Waals surface area contributed by atoms with Crippen LogP contribution in [0.5, 0.6) is 0 Å². The van der Waals surface area contributed by atoms with Gasteiger partial charge in [-0.05, 0) is 31.9 Å². The molecule has 150 valence electrons. The summed E-state index contributed by atoms with van der Waals surface area (Å²) < 4.78 is 5.52. The number of hydrogen-bond acceptors (Lipinski definition) is 4. The van der Waals surface area contributed by atoms with Crippen molar-refractivity contribution in [2.24, 2.45) is 0 Å². The number of rotatable bonds is 4. The smallest absolute Gasteiger partial charge is 0.410 e. The number of amides is 1. The van der Waals surface area contributed by atoms with Crippen LogP contribution in [0.1, 0.15) is 37.9 Å². The first kappa shape index (κ1) is 20.4. The van der Waals surface area contributed by atoms with Crippen molar-refractivity contribution in [1.29, 1.82) is 0 Å². The number of ether oxygens (including phenoxy) is 1. The summed E-state index contributed by atoms with van der Waals surface area (Å²) in [5, 5.41) is 10.1. The molecule has 1 fully saturated rings. The van der Waals surface area contributed by atoms with Gasteiger partial charge in [0.15, 0.2) is 0 Å². The Morgan fingerprint density at radius 1 is 1.04 bits per heavy atom. The summed E-state index contributed by atoms with van der Waals surface area (Å²) in [5.41, 5.74) is 1.83. The highest BCUT2D eigenvalue weighted by Crippen LogP contribution is 2.32. The molecule has 5 heteroatoms. The Labute approximate surface area is 167 Å². The number of carbonyl (C=O) groups is 1. The minimum atomic E-state index is -0.528. The van der Waals surface area contributed by atoms with Crippen LogP contribution in [-0.2, 0) is 4.74 Å². The lowest BCUT2D eigenvalue weighted by Crippen LogP contribution is -2.57. The fourth-order valence-corrected chi connectivity index (χ4v) is 3.71. The quantitative estimate of drug-likeness (QED) is 0.876. The van der Waals surface area contributed by atoms with E-state index in [1.165, 1.54) is 11.1 Å². The van der Waals surface area contributed by atoms with Crippen molar-refractivity contribution in [3.63, 3.8) is 0 Å². The number of piperazine rings is 1. The first-order chi connectivity index (χ1) is 13.4. The predicted octanol–water partition coefficient (Wildman–Crippen LogP) is 3.69. The lowest BCUT2D eigenvalue weighted by atomic mass is 9.94. The molecule has 5 nitrogen and oxygen atoms in total. The molecule has 28 heavy (non-hydrogen) atoms. The Morgan fingerprint density at radius 2 is 1.57 bits per heavy atom. The molecular weight excluding hydrogens is 352 g/mol. The molecule has 0 saturated carbocycles. The summed E-state index contributed by atoms with van der Waals surface area (Å²) in [5.74, 6) is 0. The van der Waals surface area contributed by atoms with Crippen LogP contribution in [0, 0.1) is 0 Å². The first-order valence-corrected chi connectivity index (χ1v) is 9.83. The highest BCUT2D eigenvalue weighted by Gasteiger charge is 2.36. The number of hydrogen-bond donors (Lipinski definition) is 1. The SMILES string of the molecule is CC(C)(C)OC(=O)N1CCN(C(c2ccccc2)c2ccccc2)C(CO)C1. The molecular formula is C23H30N2O3. The summed E-state index contributed by atoms with van der Waals surface area (Å²) in [6.07, 6.45) is -0.318. The summed E-state index contributed by atoms with van der Waals surface area (Å²) in [4.78, 5) is 16.5. The van der Waals surface area contributed by atoms with Gasteiger partial charge in [0.05, 0.1) is 18.7 Å². The zero-order valence-electron chi connectivity index (χ0n) is 16.9. The molecule has 1 heterocycles. The van der Waals surface area contributed by atoms with E-state index >= 15 is 0 Å². The van der Waals surface area contributed by atoms with Crippen LogP contribution < -0.4 is 0 Å². The number of aliphatic hydroxyl groups excluding tert-OH is 1. The number of carbonyl (C=O) groups excluding carboxylic acids is 1. The van der Waals surface area contributed by atoms with Crippen LogP contribution in [0.25, 0.3) is 0 Å². The fraction of sp³-hybridized carbons (Fsp3) is 0.435. The topological polar surface area (TPSA) is 53.0 Å². The predicted molar refractivity (Wildman–Crippen MR) is 110 cm³/mol. The normalized spacial score (nSPS) is 18.3. The molecule has 1 amide bonds. The molecule has 0 aliphatic carbocycles. The molecule has 1 atom stereocenters. The Morgan fingerprint density at radius 3 is 2.04 bits per heavy atom. The second-order valence-corrected chi connectivity index (χ2v) is 8.22. The number of benzene rings is 2. The van der Waals surface area contributed by atoms with Crippen molar-refractivity contribution in [2.45, 2.75) is 38.5 Å². The maximum atomic E-state index is 12.5. The second-order valence-electron chi connectivity index (χ2n) is 8.22. The van der Waals surface area contributed by atoms with E-state index in [-0.39, 0.29) is 24.8 Å². The molecule has 0 radical (unpaired) electrons. The van der Waals surface area contributed by atoms with Crippen LogP contribution >= 0.6 is 0 Å². The first-order valence-electron chi connectivity index (χ1n) is 9.83. The van der Waals surface area contributed by atoms with E-state index in [2.05, 4.69) is 29.2 Å². The van der Waals surface area contributed by atoms with Crippen molar-refractivity contribution in [2.75, 3.05) is 26.2 Å². The van der Waals surface area contributed by atoms with Crippen molar-refractivity contribution in [3.05, 3.63) is 71.8 Å². The third-order valence-corrected chi connectivity index (χ3v) is 4.95. The van der Waals surface area contributed by atoms with Crippen molar-refractivity contribution < 1.29 is 14.6 Å². The van der Waals surface area contributed by atoms with Gasteiger partial charge in [0.2, 0.25) is 0 Å². The van der Waals surface area contributed by atoms with Gasteiger partial charge in [-0.15, -0.1) is 0 Å². The summed E-state index contributed by atoms with van der Waals surface area (Å²) in [6, 6.07) is 20.5. The molecule has 1 unspecified atom stereocenters. The standard InChI is InChI=1S/C23H30N2O3/c1-23(2,3)28-22(27)24-14-15-25(20(16-24)17-26)21(18-10-6-4-7-11-18)19-12-8-5-9-13-19/h4-13,20-21,26H,14-17H2,1-3H3. The molecule has 1 saturated heterocycles. The van der Waals surface area contributed by atoms with Crippen LogP contribution in [0.3, 0.4) is 0 Å². The highest BCUT2D eigenvalue weighted by atomic mass is 16.6. The maximum Gasteiger partial charge on any atom is 0.410 e. The zero-order valence-corrected chi connectivity index (χ0v) is 16.9. The lowest BCUT2D eigenvalue weighted by molar-refractivity contribution is -0.0115. The fourth-order valence-electron chi connectivity index (χ4n) is 3.71. The minimum absolute atomic E-state index is 0.0184. The Balaban J connectivity index is 1.85. The van der Waals surface area contributed by atoms with Crippen LogP contribution in [0.15, 0.2) is 60.7 Å². The van der Waals surface area contributed by atoms with E-state index in [0.29, 0.717) is 19.6 Å². The Hall–Kier alpha value is -2.37. The van der Waals surface area contributed by atoms with Gasteiger partial charge < -0.3 is 14.7 Å². The summed E-state index contributed by atoms with van der Waals surface area (Å²) >= 11 is 0. The van der Waals surface area contributed by atoms with Crippen molar-refractivity contribution in [1.82, 2.24) is 9.80 Å². The molecule has 0 aromatic heterocycles. The van der Waals surface area contributed by atoms with Gasteiger partial charge in [-0.2, -0.15) is 0 Å². The van der Waals surface area contributed by atoms with E-state index in [0.717, 1.165) is 0 Å². The Kier molecular flexibility index (Phi) is 6.37. The maximum absolute atomic E-state index is 12.5. The summed E-state index contributed by atoms with van der Waals surface area (Å²) in [7, 11) is 0. The second kappa shape index (κ2) is 8.76. The van der Waals surface area contributed by atoms with Crippen molar-refractivity contribution in [3.8, 4) is 0 Å². The van der Waals surface area contributed by atoms with Gasteiger partial charge in [-0.3, -0.25) is 4.90 Å². The van der Waals surface area contributed by atoms with E-state index in [4.69, 9.17) is 4.74 Å². The molecule has 2 aromatic carbocycles. The lowest BCUT2D eigenvalue weighted by Gasteiger charge is -2.45. The average molecular weight is 383 g/mol. The molecule has 0 bridgehead atoms. The summed E-state index contributed by atoms with van der Waals surface area (Å²) in [6.45, 7) is 7.26. The van der Waals surface area contributed by atoms with Crippen LogP contribution in [-0.4, -0.2) is 58.9 Å². The van der Waals surface area contributed by atoms with E-state index in [1.807, 2.05) is 57.2 Å². The van der Waals surface area contributed by atoms with Crippen molar-refractivity contribution >= 4 is 6.09 Å². The van der Waals surface area contributed by atoms with Gasteiger partial charge in [0.1, 0.15) is 5.60 Å². The minimum Gasteiger partial charge on any atom is -0.444 e. The highest BCUT2D eigenvalue weighted by molar-refractivity contribution is 5.68. The Bertz CT molecular complexity index is 719. The third kappa shape index (κ3) is 4.91. The monoisotopic (exact) mass is 382 g/mol. The molecule has 1 aliphatic heterocycles. The number of aliphatic hydroxyl groups is 1. The van der Waals surface area contributed by atoms with Crippen LogP contribution in [0.2, 0.25) is 0 Å². The van der Waals surface area contributed by atoms with Gasteiger partial charge in [-0.25, -0.2) is 4.79 Å². The van der Waals surface area contributed by atoms with Crippen LogP contribution in [0.4, 0.5) is 4.79 Å². The molecule has 0 spiro atoms. The zero-order chi connectivity index (χ0) is 20.1. The molecule has 1 N–H and O–H groups in total. The van der Waals surface area contributed by atoms with Gasteiger partial charge >= 0.3 is 6.09 Å². The average Bonchev–Trinajstić information content (AvgIpc) is 2.69. The molecule has 2 aromatic rings. The molecule has 3 rings (SSSR count). The largest absolute Gasteiger partial charge is 0.444 e. The van der Waals surface area contributed by atoms with E-state index in [1.54, 1.807) is 4.90 Å². The van der Waals surface area contributed by atoms with Gasteiger partial charge in [0, 0.05) is 19.6 Å². The number of nitrogens with zero attached hydrogens (tertiary/aromatic N) is 2. The third-order valence-electron chi connectivity index (χ3n) is 4.95.